The Morgan fingerprint density at radius 3 is 2.88 bits per heavy atom. The highest BCUT2D eigenvalue weighted by molar-refractivity contribution is 9.10. The van der Waals surface area contributed by atoms with Gasteiger partial charge in [0.05, 0.1) is 17.0 Å². The lowest BCUT2D eigenvalue weighted by molar-refractivity contribution is 1.12. The van der Waals surface area contributed by atoms with Gasteiger partial charge in [-0.25, -0.2) is 4.98 Å². The Bertz CT molecular complexity index is 615. The van der Waals surface area contributed by atoms with E-state index >= 15 is 0 Å². The van der Waals surface area contributed by atoms with Crippen molar-refractivity contribution in [1.82, 2.24) is 9.97 Å². The van der Waals surface area contributed by atoms with Gasteiger partial charge in [0, 0.05) is 4.47 Å². The molecule has 0 fully saturated rings. The highest BCUT2D eigenvalue weighted by Gasteiger charge is 2.08. The Morgan fingerprint density at radius 1 is 1.35 bits per heavy atom. The minimum atomic E-state index is -0.407. The lowest BCUT2D eigenvalue weighted by Gasteiger charge is -2.08. The Hall–Kier alpha value is -1.04. The number of hydrogen-bond acceptors (Lipinski definition) is 3. The third-order valence-corrected chi connectivity index (χ3v) is 3.15. The first-order valence-electron chi connectivity index (χ1n) is 4.53. The van der Waals surface area contributed by atoms with Crippen molar-refractivity contribution in [2.24, 2.45) is 0 Å². The van der Waals surface area contributed by atoms with E-state index in [1.165, 1.54) is 6.33 Å². The van der Waals surface area contributed by atoms with Crippen LogP contribution in [0.1, 0.15) is 0 Å². The fourth-order valence-electron chi connectivity index (χ4n) is 1.19. The van der Waals surface area contributed by atoms with Gasteiger partial charge in [0.1, 0.15) is 5.02 Å². The van der Waals surface area contributed by atoms with Crippen LogP contribution in [0.5, 0.6) is 0 Å². The van der Waals surface area contributed by atoms with E-state index in [4.69, 9.17) is 23.2 Å². The van der Waals surface area contributed by atoms with Crippen molar-refractivity contribution < 1.29 is 0 Å². The van der Waals surface area contributed by atoms with Crippen LogP contribution in [0.3, 0.4) is 0 Å². The van der Waals surface area contributed by atoms with Gasteiger partial charge in [0.25, 0.3) is 5.56 Å². The van der Waals surface area contributed by atoms with Crippen molar-refractivity contribution in [1.29, 1.82) is 0 Å². The summed E-state index contributed by atoms with van der Waals surface area (Å²) in [5.41, 5.74) is 0.205. The number of benzene rings is 1. The first-order chi connectivity index (χ1) is 8.08. The van der Waals surface area contributed by atoms with Crippen molar-refractivity contribution in [3.63, 3.8) is 0 Å². The van der Waals surface area contributed by atoms with Crippen molar-refractivity contribution in [3.05, 3.63) is 49.4 Å². The normalized spacial score (nSPS) is 10.3. The molecule has 17 heavy (non-hydrogen) atoms. The predicted octanol–water partition coefficient (Wildman–Crippen LogP) is 3.58. The van der Waals surface area contributed by atoms with Gasteiger partial charge in [-0.1, -0.05) is 39.1 Å². The van der Waals surface area contributed by atoms with Gasteiger partial charge in [-0.2, -0.15) is 0 Å². The zero-order valence-corrected chi connectivity index (χ0v) is 11.4. The van der Waals surface area contributed by atoms with Gasteiger partial charge in [0.15, 0.2) is 5.82 Å². The molecular formula is C10H6BrCl2N3O. The molecule has 1 heterocycles. The standard InChI is InChI=1S/C10H6BrCl2N3O/c11-5-1-2-6(12)7(3-5)16-9-8(13)10(17)15-4-14-9/h1-4H,(H2,14,15,16,17). The molecule has 2 N–H and O–H groups in total. The molecule has 0 aliphatic carbocycles. The monoisotopic (exact) mass is 333 g/mol. The molecule has 7 heteroatoms. The van der Waals surface area contributed by atoms with Crippen LogP contribution in [-0.2, 0) is 0 Å². The van der Waals surface area contributed by atoms with Gasteiger partial charge < -0.3 is 10.3 Å². The van der Waals surface area contributed by atoms with Gasteiger partial charge in [-0.15, -0.1) is 0 Å². The van der Waals surface area contributed by atoms with Crippen LogP contribution in [0.25, 0.3) is 0 Å². The third-order valence-electron chi connectivity index (χ3n) is 1.98. The van der Waals surface area contributed by atoms with Crippen LogP contribution in [0.15, 0.2) is 33.8 Å². The van der Waals surface area contributed by atoms with E-state index in [2.05, 4.69) is 31.2 Å². The maximum absolute atomic E-state index is 11.3. The van der Waals surface area contributed by atoms with E-state index in [9.17, 15) is 4.79 Å². The molecule has 0 spiro atoms. The van der Waals surface area contributed by atoms with E-state index in [0.717, 1.165) is 4.47 Å². The Balaban J connectivity index is 2.41. The fraction of sp³-hybridized carbons (Fsp3) is 0. The predicted molar refractivity (Wildman–Crippen MR) is 72.3 cm³/mol. The van der Waals surface area contributed by atoms with E-state index in [0.29, 0.717) is 10.7 Å². The maximum atomic E-state index is 11.3. The summed E-state index contributed by atoms with van der Waals surface area (Å²) in [5.74, 6) is 0.260. The van der Waals surface area contributed by atoms with E-state index in [-0.39, 0.29) is 10.8 Å². The van der Waals surface area contributed by atoms with Gasteiger partial charge in [-0.05, 0) is 18.2 Å². The zero-order chi connectivity index (χ0) is 12.4. The highest BCUT2D eigenvalue weighted by atomic mass is 79.9. The Labute approximate surface area is 115 Å². The number of rotatable bonds is 2. The SMILES string of the molecule is O=c1[nH]cnc(Nc2cc(Br)ccc2Cl)c1Cl. The second-order valence-corrected chi connectivity index (χ2v) is 4.84. The van der Waals surface area contributed by atoms with Crippen LogP contribution in [0.2, 0.25) is 10.0 Å². The molecule has 1 aromatic carbocycles. The zero-order valence-electron chi connectivity index (χ0n) is 8.30. The number of nitrogens with one attached hydrogen (secondary N) is 2. The molecule has 0 unspecified atom stereocenters. The van der Waals surface area contributed by atoms with Crippen LogP contribution in [0.4, 0.5) is 11.5 Å². The second-order valence-electron chi connectivity index (χ2n) is 3.14. The van der Waals surface area contributed by atoms with Crippen molar-refractivity contribution in [2.45, 2.75) is 0 Å². The number of H-pyrrole nitrogens is 1. The topological polar surface area (TPSA) is 57.8 Å². The van der Waals surface area contributed by atoms with Crippen LogP contribution in [0, 0.1) is 0 Å². The lowest BCUT2D eigenvalue weighted by Crippen LogP contribution is -2.09. The smallest absolute Gasteiger partial charge is 0.271 e. The molecule has 88 valence electrons. The Morgan fingerprint density at radius 2 is 2.12 bits per heavy atom. The summed E-state index contributed by atoms with van der Waals surface area (Å²) in [6.45, 7) is 0. The first-order valence-corrected chi connectivity index (χ1v) is 6.08. The number of hydrogen-bond donors (Lipinski definition) is 2. The summed E-state index contributed by atoms with van der Waals surface area (Å²) in [6, 6.07) is 5.29. The summed E-state index contributed by atoms with van der Waals surface area (Å²) in [6.07, 6.45) is 1.27. The van der Waals surface area contributed by atoms with Crippen molar-refractivity contribution in [3.8, 4) is 0 Å². The van der Waals surface area contributed by atoms with E-state index in [1.807, 2.05) is 0 Å². The quantitative estimate of drug-likeness (QED) is 0.882. The average Bonchev–Trinajstić information content (AvgIpc) is 2.30. The second kappa shape index (κ2) is 5.08. The number of anilines is 2. The summed E-state index contributed by atoms with van der Waals surface area (Å²) >= 11 is 15.1. The number of nitrogens with zero attached hydrogens (tertiary/aromatic N) is 1. The molecule has 0 aliphatic heterocycles. The van der Waals surface area contributed by atoms with Crippen molar-refractivity contribution >= 4 is 50.6 Å². The van der Waals surface area contributed by atoms with E-state index < -0.39 is 5.56 Å². The number of aromatic amines is 1. The molecule has 2 rings (SSSR count). The molecule has 0 radical (unpaired) electrons. The molecule has 0 saturated heterocycles. The molecule has 4 nitrogen and oxygen atoms in total. The largest absolute Gasteiger partial charge is 0.338 e. The minimum Gasteiger partial charge on any atom is -0.338 e. The number of halogens is 3. The lowest BCUT2D eigenvalue weighted by atomic mass is 10.3. The van der Waals surface area contributed by atoms with E-state index in [1.54, 1.807) is 18.2 Å². The molecule has 0 atom stereocenters. The van der Waals surface area contributed by atoms with Crippen molar-refractivity contribution in [2.75, 3.05) is 5.32 Å². The average molecular weight is 335 g/mol. The number of aromatic nitrogens is 2. The highest BCUT2D eigenvalue weighted by Crippen LogP contribution is 2.29. The molecule has 0 bridgehead atoms. The molecule has 0 aliphatic rings. The molecule has 0 saturated carbocycles. The van der Waals surface area contributed by atoms with Crippen LogP contribution >= 0.6 is 39.1 Å². The molecule has 0 amide bonds. The molecule has 1 aromatic heterocycles. The summed E-state index contributed by atoms with van der Waals surface area (Å²) < 4.78 is 0.852. The van der Waals surface area contributed by atoms with Gasteiger partial charge in [-0.3, -0.25) is 4.79 Å². The third kappa shape index (κ3) is 2.80. The Kier molecular flexibility index (Phi) is 3.71. The van der Waals surface area contributed by atoms with Crippen LogP contribution in [-0.4, -0.2) is 9.97 Å². The van der Waals surface area contributed by atoms with Crippen LogP contribution < -0.4 is 10.9 Å². The summed E-state index contributed by atoms with van der Waals surface area (Å²) in [7, 11) is 0. The summed E-state index contributed by atoms with van der Waals surface area (Å²) in [4.78, 5) is 17.6. The van der Waals surface area contributed by atoms with Gasteiger partial charge >= 0.3 is 0 Å². The van der Waals surface area contributed by atoms with Gasteiger partial charge in [0.2, 0.25) is 0 Å². The molecular weight excluding hydrogens is 329 g/mol. The minimum absolute atomic E-state index is 0.0106. The fourth-order valence-corrected chi connectivity index (χ4v) is 1.87. The first kappa shape index (κ1) is 12.4. The summed E-state index contributed by atoms with van der Waals surface area (Å²) in [5, 5.41) is 3.39. The maximum Gasteiger partial charge on any atom is 0.271 e. The molecule has 2 aromatic rings.